The first-order valence-electron chi connectivity index (χ1n) is 11.6. The van der Waals surface area contributed by atoms with Gasteiger partial charge in [-0.15, -0.1) is 0 Å². The summed E-state index contributed by atoms with van der Waals surface area (Å²) in [6, 6.07) is 33.5. The van der Waals surface area contributed by atoms with Crippen molar-refractivity contribution in [3.8, 4) is 34.3 Å². The number of rotatable bonds is 3. The van der Waals surface area contributed by atoms with Crippen molar-refractivity contribution in [2.24, 2.45) is 0 Å². The Labute approximate surface area is 203 Å². The molecule has 3 aromatic carbocycles. The number of aryl methyl sites for hydroxylation is 2. The molecule has 0 bridgehead atoms. The maximum atomic E-state index is 9.17. The van der Waals surface area contributed by atoms with Crippen molar-refractivity contribution in [3.63, 3.8) is 0 Å². The lowest BCUT2D eigenvalue weighted by Gasteiger charge is -2.13. The molecule has 0 saturated carbocycles. The van der Waals surface area contributed by atoms with Gasteiger partial charge in [0.25, 0.3) is 0 Å². The molecule has 4 nitrogen and oxygen atoms in total. The van der Waals surface area contributed by atoms with Crippen LogP contribution in [0.5, 0.6) is 0 Å². The molecule has 3 aromatic heterocycles. The van der Waals surface area contributed by atoms with Gasteiger partial charge < -0.3 is 0 Å². The van der Waals surface area contributed by atoms with Crippen LogP contribution in [0.4, 0.5) is 0 Å². The number of fused-ring (bicyclic) bond motifs is 3. The lowest BCUT2D eigenvalue weighted by molar-refractivity contribution is 1.08. The van der Waals surface area contributed by atoms with E-state index in [-0.39, 0.29) is 0 Å². The first kappa shape index (κ1) is 20.8. The maximum Gasteiger partial charge on any atom is 0.140 e. The van der Waals surface area contributed by atoms with Crippen LogP contribution >= 0.6 is 0 Å². The van der Waals surface area contributed by atoms with Crippen LogP contribution in [-0.4, -0.2) is 14.5 Å². The molecule has 0 unspecified atom stereocenters. The van der Waals surface area contributed by atoms with Crippen LogP contribution in [0.2, 0.25) is 0 Å². The molecule has 0 spiro atoms. The fourth-order valence-corrected chi connectivity index (χ4v) is 4.69. The van der Waals surface area contributed by atoms with Gasteiger partial charge in [-0.25, -0.2) is 9.97 Å². The Morgan fingerprint density at radius 2 is 1.37 bits per heavy atom. The second-order valence-corrected chi connectivity index (χ2v) is 8.89. The summed E-state index contributed by atoms with van der Waals surface area (Å²) in [6.45, 7) is 4.26. The number of pyridine rings is 2. The molecule has 0 saturated heterocycles. The third kappa shape index (κ3) is 3.64. The van der Waals surface area contributed by atoms with Gasteiger partial charge in [0.05, 0.1) is 16.7 Å². The Kier molecular flexibility index (Phi) is 4.90. The van der Waals surface area contributed by atoms with E-state index in [4.69, 9.17) is 10.2 Å². The summed E-state index contributed by atoms with van der Waals surface area (Å²) >= 11 is 0. The maximum absolute atomic E-state index is 9.17. The summed E-state index contributed by atoms with van der Waals surface area (Å²) in [7, 11) is 0. The van der Waals surface area contributed by atoms with E-state index < -0.39 is 0 Å². The van der Waals surface area contributed by atoms with E-state index in [0.29, 0.717) is 5.69 Å². The molecule has 0 fully saturated rings. The highest BCUT2D eigenvalue weighted by molar-refractivity contribution is 6.09. The van der Waals surface area contributed by atoms with Crippen LogP contribution in [0.1, 0.15) is 16.8 Å². The zero-order valence-electron chi connectivity index (χ0n) is 19.5. The molecule has 0 aliphatic heterocycles. The van der Waals surface area contributed by atoms with E-state index in [0.717, 1.165) is 39.2 Å². The average Bonchev–Trinajstić information content (AvgIpc) is 3.21. The van der Waals surface area contributed by atoms with Crippen molar-refractivity contribution in [1.29, 1.82) is 5.26 Å². The zero-order valence-corrected chi connectivity index (χ0v) is 19.5. The third-order valence-electron chi connectivity index (χ3n) is 6.40. The van der Waals surface area contributed by atoms with E-state index in [1.807, 2.05) is 24.3 Å². The SMILES string of the molecule is Cc1ccc2c(c1)c1cc(C)ccc1n2-c1cc(-c2ccccc2)cc(-c2ccc(C#N)nc2)n1. The molecule has 0 aliphatic rings. The molecule has 0 N–H and O–H groups in total. The fourth-order valence-electron chi connectivity index (χ4n) is 4.69. The summed E-state index contributed by atoms with van der Waals surface area (Å²) in [5, 5.41) is 11.6. The molecule has 166 valence electrons. The Hall–Kier alpha value is -4.75. The van der Waals surface area contributed by atoms with Crippen molar-refractivity contribution >= 4 is 21.8 Å². The van der Waals surface area contributed by atoms with Gasteiger partial charge in [-0.05, 0) is 73.5 Å². The van der Waals surface area contributed by atoms with E-state index >= 15 is 0 Å². The minimum absolute atomic E-state index is 0.390. The molecule has 3 heterocycles. The van der Waals surface area contributed by atoms with Crippen LogP contribution in [0.25, 0.3) is 50.0 Å². The largest absolute Gasteiger partial charge is 0.294 e. The summed E-state index contributed by atoms with van der Waals surface area (Å²) in [6.07, 6.45) is 1.72. The molecule has 0 amide bonds. The van der Waals surface area contributed by atoms with Gasteiger partial charge in [0.15, 0.2) is 0 Å². The van der Waals surface area contributed by atoms with Gasteiger partial charge in [0.2, 0.25) is 0 Å². The van der Waals surface area contributed by atoms with Crippen LogP contribution in [-0.2, 0) is 0 Å². The van der Waals surface area contributed by atoms with E-state index in [1.54, 1.807) is 12.3 Å². The Balaban J connectivity index is 1.67. The molecule has 0 aliphatic carbocycles. The molecule has 0 radical (unpaired) electrons. The fraction of sp³-hybridized carbons (Fsp3) is 0.0645. The van der Waals surface area contributed by atoms with Crippen molar-refractivity contribution in [2.45, 2.75) is 13.8 Å². The van der Waals surface area contributed by atoms with E-state index in [1.165, 1.54) is 21.9 Å². The standard InChI is InChI=1S/C31H22N4/c1-20-8-12-29-26(14-20)27-15-21(2)9-13-30(27)35(29)31-17-24(22-6-4-3-5-7-22)16-28(34-31)23-10-11-25(18-32)33-19-23/h3-17,19H,1-2H3. The second-order valence-electron chi connectivity index (χ2n) is 8.89. The van der Waals surface area contributed by atoms with Crippen LogP contribution in [0, 0.1) is 25.2 Å². The smallest absolute Gasteiger partial charge is 0.140 e. The monoisotopic (exact) mass is 450 g/mol. The van der Waals surface area contributed by atoms with Crippen molar-refractivity contribution < 1.29 is 0 Å². The van der Waals surface area contributed by atoms with E-state index in [9.17, 15) is 0 Å². The normalized spacial score (nSPS) is 11.1. The molecular weight excluding hydrogens is 428 g/mol. The van der Waals surface area contributed by atoms with Crippen LogP contribution in [0.3, 0.4) is 0 Å². The third-order valence-corrected chi connectivity index (χ3v) is 6.40. The number of benzene rings is 3. The molecule has 4 heteroatoms. The molecule has 35 heavy (non-hydrogen) atoms. The second kappa shape index (κ2) is 8.23. The lowest BCUT2D eigenvalue weighted by atomic mass is 10.0. The van der Waals surface area contributed by atoms with Gasteiger partial charge in [-0.3, -0.25) is 4.57 Å². The summed E-state index contributed by atoms with van der Waals surface area (Å²) in [5.74, 6) is 0.846. The summed E-state index contributed by atoms with van der Waals surface area (Å²) < 4.78 is 2.25. The minimum Gasteiger partial charge on any atom is -0.294 e. The highest BCUT2D eigenvalue weighted by Gasteiger charge is 2.16. The average molecular weight is 451 g/mol. The Morgan fingerprint density at radius 3 is 1.97 bits per heavy atom. The topological polar surface area (TPSA) is 54.5 Å². The van der Waals surface area contributed by atoms with Gasteiger partial charge in [-0.2, -0.15) is 5.26 Å². The summed E-state index contributed by atoms with van der Waals surface area (Å²) in [4.78, 5) is 9.39. The van der Waals surface area contributed by atoms with Crippen molar-refractivity contribution in [1.82, 2.24) is 14.5 Å². The highest BCUT2D eigenvalue weighted by atomic mass is 15.1. The van der Waals surface area contributed by atoms with Gasteiger partial charge in [0, 0.05) is 22.5 Å². The quantitative estimate of drug-likeness (QED) is 0.282. The van der Waals surface area contributed by atoms with Gasteiger partial charge in [0.1, 0.15) is 17.6 Å². The molecular formula is C31H22N4. The number of nitriles is 1. The van der Waals surface area contributed by atoms with Gasteiger partial charge >= 0.3 is 0 Å². The Morgan fingerprint density at radius 1 is 0.686 bits per heavy atom. The first-order chi connectivity index (χ1) is 17.1. The predicted octanol–water partition coefficient (Wildman–Crippen LogP) is 7.40. The number of aromatic nitrogens is 3. The predicted molar refractivity (Wildman–Crippen MR) is 141 cm³/mol. The summed E-state index contributed by atoms with van der Waals surface area (Å²) in [5.41, 5.74) is 8.97. The molecule has 6 aromatic rings. The van der Waals surface area contributed by atoms with Crippen molar-refractivity contribution in [3.05, 3.63) is 114 Å². The van der Waals surface area contributed by atoms with Crippen LogP contribution in [0.15, 0.2) is 97.2 Å². The molecule has 6 rings (SSSR count). The first-order valence-corrected chi connectivity index (χ1v) is 11.6. The van der Waals surface area contributed by atoms with E-state index in [2.05, 4.69) is 90.1 Å². The van der Waals surface area contributed by atoms with Gasteiger partial charge in [-0.1, -0.05) is 53.6 Å². The number of hydrogen-bond donors (Lipinski definition) is 0. The zero-order chi connectivity index (χ0) is 23.9. The van der Waals surface area contributed by atoms with Crippen LogP contribution < -0.4 is 0 Å². The molecule has 0 atom stereocenters. The van der Waals surface area contributed by atoms with Crippen molar-refractivity contribution in [2.75, 3.05) is 0 Å². The highest BCUT2D eigenvalue weighted by Crippen LogP contribution is 2.35. The number of nitrogens with zero attached hydrogens (tertiary/aromatic N) is 4. The Bertz CT molecular complexity index is 1700. The minimum atomic E-state index is 0.390. The number of hydrogen-bond acceptors (Lipinski definition) is 3. The lowest BCUT2D eigenvalue weighted by Crippen LogP contribution is -2.00.